The van der Waals surface area contributed by atoms with Crippen LogP contribution in [0.15, 0.2) is 49.1 Å². The highest BCUT2D eigenvalue weighted by molar-refractivity contribution is 5.86. The first kappa shape index (κ1) is 30.6. The maximum absolute atomic E-state index is 11.6. The van der Waals surface area contributed by atoms with Crippen LogP contribution in [0.2, 0.25) is 0 Å². The zero-order valence-corrected chi connectivity index (χ0v) is 22.8. The lowest BCUT2D eigenvalue weighted by Gasteiger charge is -2.21. The van der Waals surface area contributed by atoms with Crippen molar-refractivity contribution in [1.82, 2.24) is 0 Å². The Hall–Kier alpha value is -3.62. The van der Waals surface area contributed by atoms with Crippen LogP contribution in [0.1, 0.15) is 40.3 Å². The van der Waals surface area contributed by atoms with Crippen molar-refractivity contribution in [2.45, 2.75) is 53.2 Å². The summed E-state index contributed by atoms with van der Waals surface area (Å²) in [6.45, 7) is 15.7. The Labute approximate surface area is 224 Å². The molecule has 8 nitrogen and oxygen atoms in total. The van der Waals surface area contributed by atoms with E-state index in [2.05, 4.69) is 13.2 Å². The summed E-state index contributed by atoms with van der Waals surface area (Å²) >= 11 is 0. The van der Waals surface area contributed by atoms with E-state index in [1.54, 1.807) is 0 Å². The molecule has 0 aliphatic carbocycles. The van der Waals surface area contributed by atoms with Crippen molar-refractivity contribution in [1.29, 1.82) is 0 Å². The van der Waals surface area contributed by atoms with E-state index >= 15 is 0 Å². The Morgan fingerprint density at radius 1 is 0.816 bits per heavy atom. The molecule has 0 saturated carbocycles. The zero-order valence-electron chi connectivity index (χ0n) is 22.8. The van der Waals surface area contributed by atoms with E-state index in [1.165, 1.54) is 6.92 Å². The molecule has 0 saturated heterocycles. The Morgan fingerprint density at radius 3 is 1.68 bits per heavy atom. The molecular formula is C30H38O8. The molecule has 8 heteroatoms. The van der Waals surface area contributed by atoms with Gasteiger partial charge in [0.05, 0.1) is 0 Å². The molecule has 38 heavy (non-hydrogen) atoms. The third kappa shape index (κ3) is 9.36. The minimum atomic E-state index is -1.01. The predicted molar refractivity (Wildman–Crippen MR) is 145 cm³/mol. The largest absolute Gasteiger partial charge is 0.490 e. The van der Waals surface area contributed by atoms with Crippen molar-refractivity contribution in [2.75, 3.05) is 26.4 Å². The molecule has 2 aromatic rings. The molecular weight excluding hydrogens is 488 g/mol. The molecule has 0 spiro atoms. The van der Waals surface area contributed by atoms with Gasteiger partial charge in [-0.1, -0.05) is 48.6 Å². The van der Waals surface area contributed by atoms with Crippen LogP contribution in [0, 0.1) is 27.7 Å². The Balaban J connectivity index is 2.22. The van der Waals surface area contributed by atoms with Gasteiger partial charge >= 0.3 is 11.9 Å². The number of ether oxygens (including phenoxy) is 4. The minimum absolute atomic E-state index is 0.0629. The van der Waals surface area contributed by atoms with Crippen LogP contribution in [0.25, 0.3) is 0 Å². The molecule has 2 atom stereocenters. The average Bonchev–Trinajstić information content (AvgIpc) is 2.84. The van der Waals surface area contributed by atoms with Gasteiger partial charge in [0.15, 0.2) is 0 Å². The van der Waals surface area contributed by atoms with Gasteiger partial charge in [0.1, 0.15) is 50.1 Å². The van der Waals surface area contributed by atoms with Gasteiger partial charge < -0.3 is 29.2 Å². The predicted octanol–water partition coefficient (Wildman–Crippen LogP) is 3.84. The molecule has 0 aromatic heterocycles. The average molecular weight is 527 g/mol. The maximum atomic E-state index is 11.6. The molecule has 2 N–H and O–H groups in total. The first-order valence-corrected chi connectivity index (χ1v) is 12.3. The van der Waals surface area contributed by atoms with Gasteiger partial charge in [-0.15, -0.1) is 0 Å². The van der Waals surface area contributed by atoms with E-state index < -0.39 is 24.1 Å². The van der Waals surface area contributed by atoms with E-state index in [0.29, 0.717) is 17.9 Å². The van der Waals surface area contributed by atoms with Gasteiger partial charge in [-0.05, 0) is 56.9 Å². The summed E-state index contributed by atoms with van der Waals surface area (Å²) in [5, 5.41) is 20.5. The molecule has 2 unspecified atom stereocenters. The quantitative estimate of drug-likeness (QED) is 0.282. The number of aliphatic hydroxyl groups is 2. The van der Waals surface area contributed by atoms with Crippen molar-refractivity contribution in [2.24, 2.45) is 0 Å². The van der Waals surface area contributed by atoms with Crippen molar-refractivity contribution < 1.29 is 38.7 Å². The molecule has 0 heterocycles. The fraction of sp³-hybridized carbons (Fsp3) is 0.400. The highest BCUT2D eigenvalue weighted by atomic mass is 16.6. The third-order valence-electron chi connectivity index (χ3n) is 5.55. The number of rotatable bonds is 14. The Morgan fingerprint density at radius 2 is 1.26 bits per heavy atom. The summed E-state index contributed by atoms with van der Waals surface area (Å²) in [6, 6.07) is 8.01. The zero-order chi connectivity index (χ0) is 28.4. The number of aryl methyl sites for hydroxylation is 4. The first-order chi connectivity index (χ1) is 17.9. The normalized spacial score (nSPS) is 12.3. The summed E-state index contributed by atoms with van der Waals surface area (Å²) < 4.78 is 21.9. The van der Waals surface area contributed by atoms with Crippen molar-refractivity contribution in [3.8, 4) is 11.5 Å². The fourth-order valence-corrected chi connectivity index (χ4v) is 3.95. The summed E-state index contributed by atoms with van der Waals surface area (Å²) in [5.41, 5.74) is 5.94. The SMILES string of the molecule is C=CC(=O)OCC(O)COc1c(C)cc(C)cc1Cc1cc(C)cc(C)c1OCC(O)COC(=O)C(=C)C. The number of benzene rings is 2. The van der Waals surface area contributed by atoms with Crippen molar-refractivity contribution >= 4 is 11.9 Å². The minimum Gasteiger partial charge on any atom is -0.490 e. The topological polar surface area (TPSA) is 112 Å². The van der Waals surface area contributed by atoms with Gasteiger partial charge in [-0.3, -0.25) is 0 Å². The van der Waals surface area contributed by atoms with E-state index in [9.17, 15) is 19.8 Å². The lowest BCUT2D eigenvalue weighted by Crippen LogP contribution is -2.26. The van der Waals surface area contributed by atoms with E-state index in [0.717, 1.165) is 39.5 Å². The Kier molecular flexibility index (Phi) is 11.6. The molecule has 0 bridgehead atoms. The van der Waals surface area contributed by atoms with E-state index in [4.69, 9.17) is 18.9 Å². The summed E-state index contributed by atoms with van der Waals surface area (Å²) in [7, 11) is 0. The second-order valence-electron chi connectivity index (χ2n) is 9.46. The van der Waals surface area contributed by atoms with Crippen LogP contribution >= 0.6 is 0 Å². The number of hydrogen-bond donors (Lipinski definition) is 2. The van der Waals surface area contributed by atoms with Crippen LogP contribution < -0.4 is 9.47 Å². The van der Waals surface area contributed by atoms with Gasteiger partial charge in [0.25, 0.3) is 0 Å². The van der Waals surface area contributed by atoms with Crippen LogP contribution in [-0.2, 0) is 25.5 Å². The molecule has 0 radical (unpaired) electrons. The number of esters is 2. The number of aliphatic hydroxyl groups excluding tert-OH is 2. The third-order valence-corrected chi connectivity index (χ3v) is 5.55. The van der Waals surface area contributed by atoms with Crippen molar-refractivity contribution in [3.05, 3.63) is 82.5 Å². The van der Waals surface area contributed by atoms with Crippen molar-refractivity contribution in [3.63, 3.8) is 0 Å². The molecule has 2 aromatic carbocycles. The standard InChI is InChI=1S/C30H38O8/c1-8-27(33)35-14-25(31)15-36-28-21(6)9-19(4)11-23(28)13-24-12-20(5)10-22(7)29(24)37-16-26(32)17-38-30(34)18(2)3/h8-12,25-26,31-32H,1-2,13-17H2,3-7H3. The lowest BCUT2D eigenvalue weighted by molar-refractivity contribution is -0.142. The van der Waals surface area contributed by atoms with Crippen LogP contribution in [-0.4, -0.2) is 60.8 Å². The summed E-state index contributed by atoms with van der Waals surface area (Å²) in [5.74, 6) is 0.0733. The second-order valence-corrected chi connectivity index (χ2v) is 9.46. The summed E-state index contributed by atoms with van der Waals surface area (Å²) in [6.07, 6.45) is -0.512. The number of carbonyl (C=O) groups excluding carboxylic acids is 2. The molecule has 0 aliphatic rings. The van der Waals surface area contributed by atoms with Gasteiger partial charge in [0.2, 0.25) is 0 Å². The molecule has 0 amide bonds. The highest BCUT2D eigenvalue weighted by Crippen LogP contribution is 2.33. The monoisotopic (exact) mass is 526 g/mol. The number of hydrogen-bond acceptors (Lipinski definition) is 8. The van der Waals surface area contributed by atoms with Crippen LogP contribution in [0.4, 0.5) is 0 Å². The second kappa shape index (κ2) is 14.4. The lowest BCUT2D eigenvalue weighted by atomic mass is 9.96. The molecule has 206 valence electrons. The highest BCUT2D eigenvalue weighted by Gasteiger charge is 2.18. The smallest absolute Gasteiger partial charge is 0.333 e. The Bertz CT molecular complexity index is 1170. The van der Waals surface area contributed by atoms with Crippen LogP contribution in [0.5, 0.6) is 11.5 Å². The van der Waals surface area contributed by atoms with E-state index in [-0.39, 0.29) is 32.0 Å². The fourth-order valence-electron chi connectivity index (χ4n) is 3.95. The molecule has 0 aliphatic heterocycles. The number of carbonyl (C=O) groups is 2. The first-order valence-electron chi connectivity index (χ1n) is 12.3. The van der Waals surface area contributed by atoms with Crippen LogP contribution in [0.3, 0.4) is 0 Å². The van der Waals surface area contributed by atoms with Gasteiger partial charge in [-0.25, -0.2) is 9.59 Å². The van der Waals surface area contributed by atoms with Gasteiger partial charge in [-0.2, -0.15) is 0 Å². The maximum Gasteiger partial charge on any atom is 0.333 e. The molecule has 2 rings (SSSR count). The summed E-state index contributed by atoms with van der Waals surface area (Å²) in [4.78, 5) is 22.9. The van der Waals surface area contributed by atoms with E-state index in [1.807, 2.05) is 52.0 Å². The molecule has 0 fully saturated rings. The van der Waals surface area contributed by atoms with Gasteiger partial charge in [0, 0.05) is 18.1 Å².